The van der Waals surface area contributed by atoms with Gasteiger partial charge in [-0.3, -0.25) is 9.89 Å². The third kappa shape index (κ3) is 2.27. The second-order valence-corrected chi connectivity index (χ2v) is 4.73. The lowest BCUT2D eigenvalue weighted by Crippen LogP contribution is -2.14. The second kappa shape index (κ2) is 4.80. The monoisotopic (exact) mass is 269 g/mol. The number of benzene rings is 1. The Labute approximate surface area is 115 Å². The van der Waals surface area contributed by atoms with Gasteiger partial charge in [0.05, 0.1) is 17.5 Å². The zero-order valence-electron chi connectivity index (χ0n) is 11.3. The number of aromatic nitrogens is 4. The van der Waals surface area contributed by atoms with Gasteiger partial charge in [-0.15, -0.1) is 0 Å². The van der Waals surface area contributed by atoms with E-state index >= 15 is 0 Å². The summed E-state index contributed by atoms with van der Waals surface area (Å²) in [4.78, 5) is 16.4. The van der Waals surface area contributed by atoms with Crippen LogP contribution in [-0.4, -0.2) is 25.7 Å². The molecule has 0 bridgehead atoms. The van der Waals surface area contributed by atoms with Crippen LogP contribution < -0.4 is 5.32 Å². The van der Waals surface area contributed by atoms with Crippen LogP contribution in [0.1, 0.15) is 11.5 Å². The Morgan fingerprint density at radius 2 is 2.25 bits per heavy atom. The molecule has 0 atom stereocenters. The van der Waals surface area contributed by atoms with Gasteiger partial charge in [0.2, 0.25) is 5.91 Å². The van der Waals surface area contributed by atoms with Crippen molar-refractivity contribution in [2.75, 3.05) is 5.32 Å². The minimum atomic E-state index is -0.0822. The van der Waals surface area contributed by atoms with Crippen molar-refractivity contribution in [1.82, 2.24) is 19.7 Å². The summed E-state index contributed by atoms with van der Waals surface area (Å²) < 4.78 is 2.02. The van der Waals surface area contributed by atoms with E-state index in [1.54, 1.807) is 12.3 Å². The number of aromatic amines is 1. The molecule has 0 aliphatic rings. The molecule has 0 saturated heterocycles. The van der Waals surface area contributed by atoms with Crippen LogP contribution in [0.5, 0.6) is 0 Å². The predicted molar refractivity (Wildman–Crippen MR) is 76.4 cm³/mol. The number of rotatable bonds is 3. The number of nitrogens with zero attached hydrogens (tertiary/aromatic N) is 3. The highest BCUT2D eigenvalue weighted by molar-refractivity contribution is 5.94. The van der Waals surface area contributed by atoms with Gasteiger partial charge in [-0.25, -0.2) is 4.98 Å². The smallest absolute Gasteiger partial charge is 0.230 e. The second-order valence-electron chi connectivity index (χ2n) is 4.73. The lowest BCUT2D eigenvalue weighted by atomic mass is 10.2. The molecule has 3 rings (SSSR count). The molecule has 0 spiro atoms. The molecule has 0 saturated carbocycles. The minimum Gasteiger partial charge on any atom is -0.331 e. The SMILES string of the molecule is Cc1nc2cc(NC(=O)Cc3ccn[nH]3)ccc2n1C. The maximum Gasteiger partial charge on any atom is 0.230 e. The molecule has 0 aliphatic heterocycles. The maximum atomic E-state index is 11.9. The van der Waals surface area contributed by atoms with Gasteiger partial charge in [0.15, 0.2) is 0 Å². The predicted octanol–water partition coefficient (Wildman–Crippen LogP) is 1.79. The summed E-state index contributed by atoms with van der Waals surface area (Å²) in [6, 6.07) is 7.51. The van der Waals surface area contributed by atoms with E-state index in [1.165, 1.54) is 0 Å². The van der Waals surface area contributed by atoms with Crippen LogP contribution in [0.4, 0.5) is 5.69 Å². The molecule has 2 heterocycles. The maximum absolute atomic E-state index is 11.9. The minimum absolute atomic E-state index is 0.0822. The molecule has 6 heteroatoms. The fourth-order valence-corrected chi connectivity index (χ4v) is 2.16. The number of fused-ring (bicyclic) bond motifs is 1. The largest absolute Gasteiger partial charge is 0.331 e. The van der Waals surface area contributed by atoms with E-state index in [-0.39, 0.29) is 12.3 Å². The number of amides is 1. The van der Waals surface area contributed by atoms with Crippen LogP contribution in [0.15, 0.2) is 30.5 Å². The summed E-state index contributed by atoms with van der Waals surface area (Å²) in [5.41, 5.74) is 3.47. The van der Waals surface area contributed by atoms with Crippen molar-refractivity contribution in [3.05, 3.63) is 42.0 Å². The Morgan fingerprint density at radius 1 is 1.40 bits per heavy atom. The number of hydrogen-bond donors (Lipinski definition) is 2. The number of aryl methyl sites for hydroxylation is 2. The quantitative estimate of drug-likeness (QED) is 0.761. The van der Waals surface area contributed by atoms with Crippen molar-refractivity contribution < 1.29 is 4.79 Å². The molecule has 0 aliphatic carbocycles. The lowest BCUT2D eigenvalue weighted by molar-refractivity contribution is -0.115. The van der Waals surface area contributed by atoms with E-state index in [4.69, 9.17) is 0 Å². The molecule has 6 nitrogen and oxygen atoms in total. The van der Waals surface area contributed by atoms with E-state index in [0.717, 1.165) is 28.2 Å². The molecule has 3 aromatic rings. The zero-order valence-corrected chi connectivity index (χ0v) is 11.3. The molecule has 0 unspecified atom stereocenters. The van der Waals surface area contributed by atoms with E-state index in [2.05, 4.69) is 20.5 Å². The van der Waals surface area contributed by atoms with Crippen molar-refractivity contribution in [1.29, 1.82) is 0 Å². The summed E-state index contributed by atoms with van der Waals surface area (Å²) in [6.07, 6.45) is 1.91. The first-order valence-electron chi connectivity index (χ1n) is 6.34. The van der Waals surface area contributed by atoms with Gasteiger partial charge in [-0.05, 0) is 31.2 Å². The number of imidazole rings is 1. The summed E-state index contributed by atoms with van der Waals surface area (Å²) in [6.45, 7) is 1.95. The van der Waals surface area contributed by atoms with Crippen LogP contribution in [-0.2, 0) is 18.3 Å². The summed E-state index contributed by atoms with van der Waals surface area (Å²) in [5.74, 6) is 0.863. The first kappa shape index (κ1) is 12.4. The topological polar surface area (TPSA) is 75.6 Å². The average Bonchev–Trinajstić information content (AvgIpc) is 2.99. The van der Waals surface area contributed by atoms with Crippen LogP contribution in [0.2, 0.25) is 0 Å². The first-order chi connectivity index (χ1) is 9.63. The first-order valence-corrected chi connectivity index (χ1v) is 6.34. The molecule has 20 heavy (non-hydrogen) atoms. The van der Waals surface area contributed by atoms with Crippen LogP contribution >= 0.6 is 0 Å². The lowest BCUT2D eigenvalue weighted by Gasteiger charge is -2.04. The Morgan fingerprint density at radius 3 is 3.00 bits per heavy atom. The highest BCUT2D eigenvalue weighted by Crippen LogP contribution is 2.19. The van der Waals surface area contributed by atoms with Crippen LogP contribution in [0.3, 0.4) is 0 Å². The van der Waals surface area contributed by atoms with Crippen LogP contribution in [0, 0.1) is 6.92 Å². The van der Waals surface area contributed by atoms with E-state index < -0.39 is 0 Å². The van der Waals surface area contributed by atoms with E-state index in [1.807, 2.05) is 36.7 Å². The van der Waals surface area contributed by atoms with Crippen molar-refractivity contribution >= 4 is 22.6 Å². The third-order valence-corrected chi connectivity index (χ3v) is 3.30. The number of hydrogen-bond acceptors (Lipinski definition) is 3. The summed E-state index contributed by atoms with van der Waals surface area (Å²) in [7, 11) is 1.97. The normalized spacial score (nSPS) is 10.9. The molecule has 2 aromatic heterocycles. The molecule has 2 N–H and O–H groups in total. The third-order valence-electron chi connectivity index (χ3n) is 3.30. The number of anilines is 1. The highest BCUT2D eigenvalue weighted by Gasteiger charge is 2.08. The number of nitrogens with one attached hydrogen (secondary N) is 2. The van der Waals surface area contributed by atoms with Gasteiger partial charge in [-0.1, -0.05) is 0 Å². The van der Waals surface area contributed by atoms with Crippen molar-refractivity contribution in [2.24, 2.45) is 7.05 Å². The molecule has 0 radical (unpaired) electrons. The van der Waals surface area contributed by atoms with Crippen LogP contribution in [0.25, 0.3) is 11.0 Å². The Bertz CT molecular complexity index is 757. The molecular weight excluding hydrogens is 254 g/mol. The number of carbonyl (C=O) groups excluding carboxylic acids is 1. The van der Waals surface area contributed by atoms with Gasteiger partial charge in [0, 0.05) is 24.6 Å². The molecule has 1 amide bonds. The van der Waals surface area contributed by atoms with Crippen molar-refractivity contribution in [2.45, 2.75) is 13.3 Å². The van der Waals surface area contributed by atoms with Crippen molar-refractivity contribution in [3.8, 4) is 0 Å². The Kier molecular flexibility index (Phi) is 2.98. The summed E-state index contributed by atoms with van der Waals surface area (Å²) in [5, 5.41) is 9.45. The van der Waals surface area contributed by atoms with Crippen molar-refractivity contribution in [3.63, 3.8) is 0 Å². The molecule has 102 valence electrons. The molecular formula is C14H15N5O. The van der Waals surface area contributed by atoms with E-state index in [9.17, 15) is 4.79 Å². The molecule has 1 aromatic carbocycles. The van der Waals surface area contributed by atoms with E-state index in [0.29, 0.717) is 0 Å². The standard InChI is InChI=1S/C14H15N5O/c1-9-16-12-7-10(3-4-13(12)19(9)2)17-14(20)8-11-5-6-15-18-11/h3-7H,8H2,1-2H3,(H,15,18)(H,17,20). The van der Waals surface area contributed by atoms with Gasteiger partial charge < -0.3 is 9.88 Å². The average molecular weight is 269 g/mol. The zero-order chi connectivity index (χ0) is 14.1. The summed E-state index contributed by atoms with van der Waals surface area (Å²) >= 11 is 0. The highest BCUT2D eigenvalue weighted by atomic mass is 16.1. The van der Waals surface area contributed by atoms with Gasteiger partial charge in [-0.2, -0.15) is 5.10 Å². The Hall–Kier alpha value is -2.63. The number of H-pyrrole nitrogens is 1. The number of carbonyl (C=O) groups is 1. The fraction of sp³-hybridized carbons (Fsp3) is 0.214. The van der Waals surface area contributed by atoms with Gasteiger partial charge >= 0.3 is 0 Å². The Balaban J connectivity index is 1.79. The molecule has 0 fully saturated rings. The fourth-order valence-electron chi connectivity index (χ4n) is 2.16. The van der Waals surface area contributed by atoms with Gasteiger partial charge in [0.1, 0.15) is 5.82 Å². The van der Waals surface area contributed by atoms with Gasteiger partial charge in [0.25, 0.3) is 0 Å².